The van der Waals surface area contributed by atoms with Crippen LogP contribution >= 0.6 is 11.3 Å². The number of rotatable bonds is 4. The third-order valence-electron chi connectivity index (χ3n) is 2.41. The Balaban J connectivity index is 2.17. The largest absolute Gasteiger partial charge is 0.345 e. The smallest absolute Gasteiger partial charge is 0.186 e. The maximum Gasteiger partial charge on any atom is 0.186 e. The van der Waals surface area contributed by atoms with Crippen LogP contribution in [-0.4, -0.2) is 23.4 Å². The van der Waals surface area contributed by atoms with Crippen molar-refractivity contribution in [3.8, 4) is 0 Å². The zero-order valence-electron chi connectivity index (χ0n) is 8.49. The van der Waals surface area contributed by atoms with Crippen molar-refractivity contribution in [2.24, 2.45) is 0 Å². The summed E-state index contributed by atoms with van der Waals surface area (Å²) in [6.07, 6.45) is 4.22. The molecule has 0 unspecified atom stereocenters. The van der Waals surface area contributed by atoms with E-state index >= 15 is 0 Å². The van der Waals surface area contributed by atoms with Gasteiger partial charge < -0.3 is 4.90 Å². The SMILES string of the molecule is CCN(c1ncc(C(C)=O)s1)C1CC1. The summed E-state index contributed by atoms with van der Waals surface area (Å²) in [6, 6.07) is 0.672. The molecule has 2 rings (SSSR count). The summed E-state index contributed by atoms with van der Waals surface area (Å²) in [7, 11) is 0. The molecule has 1 aromatic heterocycles. The second-order valence-corrected chi connectivity index (χ2v) is 4.59. The standard InChI is InChI=1S/C10H14N2OS/c1-3-12(8-4-5-8)10-11-6-9(14-10)7(2)13/h6,8H,3-5H2,1-2H3. The highest BCUT2D eigenvalue weighted by Gasteiger charge is 2.29. The van der Waals surface area contributed by atoms with Crippen LogP contribution in [0.2, 0.25) is 0 Å². The second-order valence-electron chi connectivity index (χ2n) is 3.58. The van der Waals surface area contributed by atoms with E-state index in [1.165, 1.54) is 24.2 Å². The molecule has 0 spiro atoms. The van der Waals surface area contributed by atoms with Gasteiger partial charge in [-0.1, -0.05) is 11.3 Å². The predicted octanol–water partition coefficient (Wildman–Crippen LogP) is 2.33. The van der Waals surface area contributed by atoms with E-state index in [1.807, 2.05) is 0 Å². The van der Waals surface area contributed by atoms with Crippen LogP contribution in [0, 0.1) is 0 Å². The third-order valence-corrected chi connectivity index (χ3v) is 3.55. The monoisotopic (exact) mass is 210 g/mol. The fourth-order valence-corrected chi connectivity index (χ4v) is 2.44. The van der Waals surface area contributed by atoms with Crippen molar-refractivity contribution in [1.82, 2.24) is 4.98 Å². The number of ketones is 1. The first-order valence-electron chi connectivity index (χ1n) is 4.95. The van der Waals surface area contributed by atoms with E-state index < -0.39 is 0 Å². The number of carbonyl (C=O) groups is 1. The molecule has 4 heteroatoms. The molecule has 3 nitrogen and oxygen atoms in total. The molecule has 1 saturated carbocycles. The second kappa shape index (κ2) is 3.69. The van der Waals surface area contributed by atoms with E-state index in [0.29, 0.717) is 6.04 Å². The molecule has 0 atom stereocenters. The van der Waals surface area contributed by atoms with Crippen LogP contribution in [0.25, 0.3) is 0 Å². The molecule has 1 aliphatic carbocycles. The average Bonchev–Trinajstić information content (AvgIpc) is 2.84. The molecule has 1 heterocycles. The highest BCUT2D eigenvalue weighted by Crippen LogP contribution is 2.33. The lowest BCUT2D eigenvalue weighted by Crippen LogP contribution is -2.24. The molecule has 0 aliphatic heterocycles. The number of Topliss-reactive ketones (excluding diaryl/α,β-unsaturated/α-hetero) is 1. The first kappa shape index (κ1) is 9.65. The molecule has 0 bridgehead atoms. The number of nitrogens with zero attached hydrogens (tertiary/aromatic N) is 2. The van der Waals surface area contributed by atoms with Gasteiger partial charge in [-0.2, -0.15) is 0 Å². The fraction of sp³-hybridized carbons (Fsp3) is 0.600. The molecule has 1 aromatic rings. The maximum absolute atomic E-state index is 11.1. The van der Waals surface area contributed by atoms with Crippen LogP contribution in [0.1, 0.15) is 36.4 Å². The zero-order chi connectivity index (χ0) is 10.1. The Kier molecular flexibility index (Phi) is 2.54. The molecular weight excluding hydrogens is 196 g/mol. The van der Waals surface area contributed by atoms with E-state index in [2.05, 4.69) is 16.8 Å². The molecule has 1 aliphatic rings. The van der Waals surface area contributed by atoms with E-state index in [4.69, 9.17) is 0 Å². The summed E-state index contributed by atoms with van der Waals surface area (Å²) in [4.78, 5) is 18.5. The lowest BCUT2D eigenvalue weighted by atomic mass is 10.4. The van der Waals surface area contributed by atoms with Crippen molar-refractivity contribution in [2.75, 3.05) is 11.4 Å². The van der Waals surface area contributed by atoms with Gasteiger partial charge in [0.15, 0.2) is 10.9 Å². The number of anilines is 1. The quantitative estimate of drug-likeness (QED) is 0.715. The van der Waals surface area contributed by atoms with Crippen LogP contribution in [0.15, 0.2) is 6.20 Å². The van der Waals surface area contributed by atoms with Crippen LogP contribution in [0.3, 0.4) is 0 Å². The minimum Gasteiger partial charge on any atom is -0.345 e. The minimum absolute atomic E-state index is 0.112. The lowest BCUT2D eigenvalue weighted by Gasteiger charge is -2.18. The van der Waals surface area contributed by atoms with Crippen molar-refractivity contribution in [3.63, 3.8) is 0 Å². The number of hydrogen-bond acceptors (Lipinski definition) is 4. The van der Waals surface area contributed by atoms with Gasteiger partial charge in [0.05, 0.1) is 11.1 Å². The highest BCUT2D eigenvalue weighted by atomic mass is 32.1. The van der Waals surface area contributed by atoms with Gasteiger partial charge in [0.25, 0.3) is 0 Å². The van der Waals surface area contributed by atoms with E-state index in [0.717, 1.165) is 16.6 Å². The normalized spacial score (nSPS) is 15.6. The molecule has 0 N–H and O–H groups in total. The molecular formula is C10H14N2OS. The van der Waals surface area contributed by atoms with Gasteiger partial charge in [0.1, 0.15) is 0 Å². The maximum atomic E-state index is 11.1. The van der Waals surface area contributed by atoms with E-state index in [9.17, 15) is 4.79 Å². The molecule has 14 heavy (non-hydrogen) atoms. The van der Waals surface area contributed by atoms with Crippen molar-refractivity contribution < 1.29 is 4.79 Å². The first-order chi connectivity index (χ1) is 6.72. The van der Waals surface area contributed by atoms with Gasteiger partial charge in [-0.25, -0.2) is 4.98 Å². The van der Waals surface area contributed by atoms with Crippen LogP contribution in [-0.2, 0) is 0 Å². The van der Waals surface area contributed by atoms with Gasteiger partial charge >= 0.3 is 0 Å². The summed E-state index contributed by atoms with van der Waals surface area (Å²) >= 11 is 1.51. The van der Waals surface area contributed by atoms with Gasteiger partial charge in [0, 0.05) is 19.5 Å². The highest BCUT2D eigenvalue weighted by molar-refractivity contribution is 7.17. The Labute approximate surface area is 87.8 Å². The summed E-state index contributed by atoms with van der Waals surface area (Å²) in [5, 5.41) is 1.00. The van der Waals surface area contributed by atoms with Gasteiger partial charge in [-0.15, -0.1) is 0 Å². The van der Waals surface area contributed by atoms with Crippen LogP contribution < -0.4 is 4.90 Å². The Morgan fingerprint density at radius 1 is 1.71 bits per heavy atom. The lowest BCUT2D eigenvalue weighted by molar-refractivity contribution is 0.102. The van der Waals surface area contributed by atoms with Crippen molar-refractivity contribution in [2.45, 2.75) is 32.7 Å². The molecule has 76 valence electrons. The number of aromatic nitrogens is 1. The summed E-state index contributed by atoms with van der Waals surface area (Å²) in [5.74, 6) is 0.112. The van der Waals surface area contributed by atoms with Crippen molar-refractivity contribution in [1.29, 1.82) is 0 Å². The molecule has 0 radical (unpaired) electrons. The molecule has 0 saturated heterocycles. The average molecular weight is 210 g/mol. The number of hydrogen-bond donors (Lipinski definition) is 0. The fourth-order valence-electron chi connectivity index (χ4n) is 1.50. The topological polar surface area (TPSA) is 33.2 Å². The van der Waals surface area contributed by atoms with Gasteiger partial charge in [-0.3, -0.25) is 4.79 Å². The number of thiazole rings is 1. The molecule has 0 aromatic carbocycles. The zero-order valence-corrected chi connectivity index (χ0v) is 9.30. The van der Waals surface area contributed by atoms with Gasteiger partial charge in [-0.05, 0) is 19.8 Å². The third kappa shape index (κ3) is 1.80. The molecule has 0 amide bonds. The Morgan fingerprint density at radius 3 is 2.86 bits per heavy atom. The summed E-state index contributed by atoms with van der Waals surface area (Å²) in [5.41, 5.74) is 0. The first-order valence-corrected chi connectivity index (χ1v) is 5.77. The van der Waals surface area contributed by atoms with E-state index in [-0.39, 0.29) is 5.78 Å². The predicted molar refractivity (Wildman–Crippen MR) is 58.2 cm³/mol. The number of carbonyl (C=O) groups excluding carboxylic acids is 1. The van der Waals surface area contributed by atoms with Crippen LogP contribution in [0.4, 0.5) is 5.13 Å². The van der Waals surface area contributed by atoms with Crippen LogP contribution in [0.5, 0.6) is 0 Å². The van der Waals surface area contributed by atoms with Crippen molar-refractivity contribution >= 4 is 22.3 Å². The minimum atomic E-state index is 0.112. The summed E-state index contributed by atoms with van der Waals surface area (Å²) in [6.45, 7) is 4.70. The summed E-state index contributed by atoms with van der Waals surface area (Å²) < 4.78 is 0. The Bertz CT molecular complexity index is 344. The van der Waals surface area contributed by atoms with Crippen molar-refractivity contribution in [3.05, 3.63) is 11.1 Å². The molecule has 1 fully saturated rings. The van der Waals surface area contributed by atoms with E-state index in [1.54, 1.807) is 13.1 Å². The Morgan fingerprint density at radius 2 is 2.43 bits per heavy atom. The van der Waals surface area contributed by atoms with Gasteiger partial charge in [0.2, 0.25) is 0 Å². The Hall–Kier alpha value is -0.900.